The third-order valence-corrected chi connectivity index (χ3v) is 3.60. The van der Waals surface area contributed by atoms with Crippen molar-refractivity contribution >= 4 is 24.4 Å². The molecule has 108 valence electrons. The van der Waals surface area contributed by atoms with Gasteiger partial charge in [-0.2, -0.15) is 5.26 Å². The fourth-order valence-corrected chi connectivity index (χ4v) is 2.58. The zero-order valence-electron chi connectivity index (χ0n) is 12.7. The fourth-order valence-electron chi connectivity index (χ4n) is 2.34. The minimum atomic E-state index is -0.278. The summed E-state index contributed by atoms with van der Waals surface area (Å²) >= 11 is 5.34. The lowest BCUT2D eigenvalue weighted by Gasteiger charge is -2.42. The number of anilines is 1. The Balaban J connectivity index is 3.06. The summed E-state index contributed by atoms with van der Waals surface area (Å²) in [5.74, 6) is -0.0802. The number of quaternary nitrogens is 1. The second-order valence-electron chi connectivity index (χ2n) is 5.44. The van der Waals surface area contributed by atoms with E-state index >= 15 is 0 Å². The van der Waals surface area contributed by atoms with Crippen molar-refractivity contribution in [1.82, 2.24) is 0 Å². The van der Waals surface area contributed by atoms with Gasteiger partial charge in [-0.1, -0.05) is 6.92 Å². The molecule has 0 bridgehead atoms. The van der Waals surface area contributed by atoms with E-state index in [-0.39, 0.29) is 15.8 Å². The van der Waals surface area contributed by atoms with E-state index in [1.165, 1.54) is 0 Å². The highest BCUT2D eigenvalue weighted by Crippen LogP contribution is 2.23. The van der Waals surface area contributed by atoms with E-state index in [4.69, 9.17) is 18.1 Å². The van der Waals surface area contributed by atoms with Gasteiger partial charge < -0.3 is 22.0 Å². The lowest BCUT2D eigenvalue weighted by molar-refractivity contribution is -0.768. The zero-order valence-corrected chi connectivity index (χ0v) is 13.5. The van der Waals surface area contributed by atoms with E-state index in [1.54, 1.807) is 12.1 Å². The predicted molar refractivity (Wildman–Crippen MR) is 82.8 cm³/mol. The molecule has 0 aliphatic heterocycles. The molecule has 0 spiro atoms. The summed E-state index contributed by atoms with van der Waals surface area (Å²) in [6, 6.07) is 5.39. The molecule has 0 aliphatic rings. The Morgan fingerprint density at radius 2 is 1.90 bits per heavy atom. The van der Waals surface area contributed by atoms with Crippen molar-refractivity contribution in [3.8, 4) is 6.07 Å². The van der Waals surface area contributed by atoms with Gasteiger partial charge in [-0.15, -0.1) is 0 Å². The van der Waals surface area contributed by atoms with Gasteiger partial charge in [0, 0.05) is 12.1 Å². The molecule has 1 amide bonds. The number of carbonyl (C=O) groups is 1. The first-order valence-corrected chi connectivity index (χ1v) is 6.94. The van der Waals surface area contributed by atoms with Crippen molar-refractivity contribution in [2.75, 3.05) is 19.4 Å². The van der Waals surface area contributed by atoms with Crippen LogP contribution in [0.2, 0.25) is 0 Å². The third kappa shape index (κ3) is 3.75. The molecule has 20 heavy (non-hydrogen) atoms. The number of carbonyl (C=O) groups excluding carboxylic acids is 1. The highest BCUT2D eigenvalue weighted by Gasteiger charge is 2.26. The summed E-state index contributed by atoms with van der Waals surface area (Å²) in [5.41, 5.74) is 3.15. The van der Waals surface area contributed by atoms with E-state index in [2.05, 4.69) is 11.4 Å². The Morgan fingerprint density at radius 1 is 1.40 bits per heavy atom. The Morgan fingerprint density at radius 3 is 2.25 bits per heavy atom. The number of aryl methyl sites for hydroxylation is 2. The van der Waals surface area contributed by atoms with Gasteiger partial charge in [0.1, 0.15) is 0 Å². The minimum Gasteiger partial charge on any atom is -0.494 e. The molecule has 1 aromatic carbocycles. The van der Waals surface area contributed by atoms with Gasteiger partial charge in [0.15, 0.2) is 6.04 Å². The van der Waals surface area contributed by atoms with Crippen LogP contribution >= 0.6 is 0 Å². The molecule has 1 rings (SSSR count). The second kappa shape index (κ2) is 6.29. The number of likely N-dealkylation sites (N-methyl/N-ethyl adjacent to an activating group) is 1. The first kappa shape index (κ1) is 16.5. The monoisotopic (exact) mass is 291 g/mol. The number of nitrogens with zero attached hydrogens (tertiary/aromatic N) is 2. The lowest BCUT2D eigenvalue weighted by atomic mass is 10.0. The summed E-state index contributed by atoms with van der Waals surface area (Å²) < 4.78 is 0.177. The maximum atomic E-state index is 12.4. The summed E-state index contributed by atoms with van der Waals surface area (Å²) in [6.45, 7) is 5.73. The molecule has 1 N–H and O–H groups in total. The first-order chi connectivity index (χ1) is 9.20. The molecule has 0 aromatic heterocycles. The summed E-state index contributed by atoms with van der Waals surface area (Å²) in [7, 11) is 3.67. The van der Waals surface area contributed by atoms with Crippen LogP contribution in [0.15, 0.2) is 12.1 Å². The van der Waals surface area contributed by atoms with Crippen molar-refractivity contribution in [2.45, 2.75) is 33.2 Å². The predicted octanol–water partition coefficient (Wildman–Crippen LogP) is 2.43. The highest BCUT2D eigenvalue weighted by molar-refractivity contribution is 7.52. The smallest absolute Gasteiger partial charge is 0.281 e. The van der Waals surface area contributed by atoms with Gasteiger partial charge in [0.2, 0.25) is 0 Å². The molecule has 5 heteroatoms. The molecule has 0 radical (unpaired) electrons. The van der Waals surface area contributed by atoms with Gasteiger partial charge in [-0.25, -0.2) is 0 Å². The minimum absolute atomic E-state index is 0.0802. The quantitative estimate of drug-likeness (QED) is 0.685. The second-order valence-corrected chi connectivity index (χ2v) is 6.39. The average Bonchev–Trinajstić information content (AvgIpc) is 2.32. The topological polar surface area (TPSA) is 52.9 Å². The maximum Gasteiger partial charge on any atom is 0.281 e. The van der Waals surface area contributed by atoms with Gasteiger partial charge in [-0.3, -0.25) is 4.79 Å². The zero-order chi connectivity index (χ0) is 15.5. The Kier molecular flexibility index (Phi) is 5.21. The fraction of sp³-hybridized carbons (Fsp3) is 0.467. The van der Waals surface area contributed by atoms with Crippen molar-refractivity contribution in [3.63, 3.8) is 0 Å². The number of amides is 1. The largest absolute Gasteiger partial charge is 0.494 e. The van der Waals surface area contributed by atoms with E-state index in [9.17, 15) is 4.79 Å². The van der Waals surface area contributed by atoms with Gasteiger partial charge in [0.05, 0.1) is 25.7 Å². The number of nitrogens with one attached hydrogen (secondary N) is 1. The first-order valence-electron chi connectivity index (χ1n) is 6.57. The van der Waals surface area contributed by atoms with E-state index in [1.807, 2.05) is 34.9 Å². The van der Waals surface area contributed by atoms with Crippen LogP contribution in [0.4, 0.5) is 5.69 Å². The van der Waals surface area contributed by atoms with Crippen molar-refractivity contribution in [2.24, 2.45) is 0 Å². The average molecular weight is 291 g/mol. The molecule has 0 aliphatic carbocycles. The molecule has 1 aromatic rings. The van der Waals surface area contributed by atoms with Gasteiger partial charge in [-0.05, 0) is 37.1 Å². The maximum absolute atomic E-state index is 12.4. The standard InChI is InChI=1S/C15H21N3OS/c1-6-13(18(4,5)20)15(19)17-14-10(2)7-12(9-16)8-11(14)3/h7-8,13H,6H2,1-5H3,(H,17,19). The van der Waals surface area contributed by atoms with Crippen LogP contribution in [0.3, 0.4) is 0 Å². The molecule has 1 atom stereocenters. The lowest BCUT2D eigenvalue weighted by Crippen LogP contribution is -2.50. The van der Waals surface area contributed by atoms with Crippen LogP contribution in [0.25, 0.3) is 0 Å². The van der Waals surface area contributed by atoms with Crippen molar-refractivity contribution < 1.29 is 8.68 Å². The molecular weight excluding hydrogens is 270 g/mol. The van der Waals surface area contributed by atoms with Crippen molar-refractivity contribution in [1.29, 1.82) is 5.26 Å². The SMILES string of the molecule is CCC(C(=O)Nc1c(C)cc(C#N)cc1C)[N+](C)(C)[S-]. The molecular formula is C15H21N3OS. The van der Waals surface area contributed by atoms with E-state index in [0.29, 0.717) is 12.0 Å². The van der Waals surface area contributed by atoms with Crippen LogP contribution in [0, 0.1) is 25.2 Å². The number of benzene rings is 1. The van der Waals surface area contributed by atoms with Crippen LogP contribution in [0.5, 0.6) is 0 Å². The molecule has 0 heterocycles. The number of nitriles is 1. The highest BCUT2D eigenvalue weighted by atomic mass is 32.1. The number of rotatable bonds is 4. The van der Waals surface area contributed by atoms with E-state index in [0.717, 1.165) is 16.8 Å². The van der Waals surface area contributed by atoms with Crippen LogP contribution in [-0.4, -0.2) is 29.9 Å². The number of hydrogen-bond acceptors (Lipinski definition) is 3. The van der Waals surface area contributed by atoms with Crippen LogP contribution in [0.1, 0.15) is 30.0 Å². The summed E-state index contributed by atoms with van der Waals surface area (Å²) in [6.07, 6.45) is 0.677. The summed E-state index contributed by atoms with van der Waals surface area (Å²) in [5, 5.41) is 11.9. The summed E-state index contributed by atoms with van der Waals surface area (Å²) in [4.78, 5) is 12.4. The molecule has 4 nitrogen and oxygen atoms in total. The molecule has 0 saturated carbocycles. The number of hydrogen-bond donors (Lipinski definition) is 1. The van der Waals surface area contributed by atoms with Gasteiger partial charge >= 0.3 is 0 Å². The van der Waals surface area contributed by atoms with Crippen molar-refractivity contribution in [3.05, 3.63) is 28.8 Å². The molecule has 0 saturated heterocycles. The van der Waals surface area contributed by atoms with E-state index < -0.39 is 0 Å². The molecule has 1 unspecified atom stereocenters. The third-order valence-electron chi connectivity index (χ3n) is 3.35. The van der Waals surface area contributed by atoms with Gasteiger partial charge in [0.25, 0.3) is 5.91 Å². The van der Waals surface area contributed by atoms with Crippen LogP contribution in [-0.2, 0) is 17.6 Å². The Bertz CT molecular complexity index is 532. The Hall–Kier alpha value is -1.51. The molecule has 0 fully saturated rings. The van der Waals surface area contributed by atoms with Crippen LogP contribution < -0.4 is 5.32 Å². The normalized spacial score (nSPS) is 12.7. The Labute approximate surface area is 126 Å².